The first-order chi connectivity index (χ1) is 6.20. The first kappa shape index (κ1) is 11.2. The van der Waals surface area contributed by atoms with Crippen molar-refractivity contribution in [3.63, 3.8) is 0 Å². The van der Waals surface area contributed by atoms with E-state index < -0.39 is 0 Å². The van der Waals surface area contributed by atoms with Crippen molar-refractivity contribution in [2.45, 2.75) is 18.2 Å². The summed E-state index contributed by atoms with van der Waals surface area (Å²) in [5.74, 6) is 3.53. The van der Waals surface area contributed by atoms with Crippen molar-refractivity contribution < 1.29 is 4.79 Å². The van der Waals surface area contributed by atoms with Gasteiger partial charge in [-0.2, -0.15) is 23.5 Å². The Hall–Kier alpha value is 0.130. The smallest absolute Gasteiger partial charge is 0.236 e. The third kappa shape index (κ3) is 4.24. The van der Waals surface area contributed by atoms with E-state index in [1.165, 1.54) is 11.5 Å². The van der Waals surface area contributed by atoms with Crippen LogP contribution in [0.25, 0.3) is 0 Å². The lowest BCUT2D eigenvalue weighted by Gasteiger charge is -2.21. The average molecular weight is 220 g/mol. The maximum atomic E-state index is 11.1. The van der Waals surface area contributed by atoms with Crippen molar-refractivity contribution in [1.82, 2.24) is 5.32 Å². The zero-order valence-electron chi connectivity index (χ0n) is 7.79. The van der Waals surface area contributed by atoms with Gasteiger partial charge in [0.25, 0.3) is 0 Å². The molecule has 1 fully saturated rings. The van der Waals surface area contributed by atoms with Crippen molar-refractivity contribution in [2.24, 2.45) is 5.73 Å². The monoisotopic (exact) mass is 220 g/mol. The highest BCUT2D eigenvalue weighted by molar-refractivity contribution is 8.06. The van der Waals surface area contributed by atoms with E-state index in [1.807, 2.05) is 23.5 Å². The topological polar surface area (TPSA) is 55.1 Å². The molecule has 0 bridgehead atoms. The lowest BCUT2D eigenvalue weighted by molar-refractivity contribution is -0.121. The van der Waals surface area contributed by atoms with Crippen LogP contribution in [0.4, 0.5) is 0 Å². The molecule has 0 spiro atoms. The van der Waals surface area contributed by atoms with Crippen molar-refractivity contribution >= 4 is 29.4 Å². The van der Waals surface area contributed by atoms with Crippen LogP contribution in [-0.4, -0.2) is 41.0 Å². The molecule has 1 unspecified atom stereocenters. The van der Waals surface area contributed by atoms with Crippen molar-refractivity contribution in [3.8, 4) is 0 Å². The molecule has 0 saturated carbocycles. The standard InChI is InChI=1S/C8H16N2OS2/c1-6(9)8(11)10-4-7-5-12-2-3-13-7/h6-7H,2-5,9H2,1H3,(H,10,11)/t6-,7?/m1/s1. The summed E-state index contributed by atoms with van der Waals surface area (Å²) >= 11 is 3.90. The predicted octanol–water partition coefficient (Wildman–Crippen LogP) is 0.298. The zero-order valence-corrected chi connectivity index (χ0v) is 9.42. The summed E-state index contributed by atoms with van der Waals surface area (Å²) in [6.45, 7) is 2.47. The number of rotatable bonds is 3. The highest BCUT2D eigenvalue weighted by Crippen LogP contribution is 2.23. The summed E-state index contributed by atoms with van der Waals surface area (Å²) in [7, 11) is 0. The van der Waals surface area contributed by atoms with Gasteiger partial charge in [-0.15, -0.1) is 0 Å². The van der Waals surface area contributed by atoms with Gasteiger partial charge in [-0.05, 0) is 6.92 Å². The van der Waals surface area contributed by atoms with Gasteiger partial charge in [0, 0.05) is 29.1 Å². The Morgan fingerprint density at radius 2 is 2.46 bits per heavy atom. The van der Waals surface area contributed by atoms with Gasteiger partial charge in [-0.25, -0.2) is 0 Å². The van der Waals surface area contributed by atoms with Gasteiger partial charge < -0.3 is 11.1 Å². The second kappa shape index (κ2) is 5.78. The van der Waals surface area contributed by atoms with E-state index in [1.54, 1.807) is 6.92 Å². The summed E-state index contributed by atoms with van der Waals surface area (Å²) in [5, 5.41) is 3.42. The van der Waals surface area contributed by atoms with Crippen molar-refractivity contribution in [2.75, 3.05) is 23.8 Å². The summed E-state index contributed by atoms with van der Waals surface area (Å²) in [4.78, 5) is 11.1. The van der Waals surface area contributed by atoms with Crippen LogP contribution in [0.5, 0.6) is 0 Å². The van der Waals surface area contributed by atoms with Crippen LogP contribution in [0.2, 0.25) is 0 Å². The lowest BCUT2D eigenvalue weighted by atomic mass is 10.3. The van der Waals surface area contributed by atoms with Gasteiger partial charge in [0.2, 0.25) is 5.91 Å². The Labute approximate surface area is 87.6 Å². The lowest BCUT2D eigenvalue weighted by Crippen LogP contribution is -2.42. The van der Waals surface area contributed by atoms with Crippen molar-refractivity contribution in [1.29, 1.82) is 0 Å². The molecule has 1 saturated heterocycles. The fourth-order valence-corrected chi connectivity index (χ4v) is 3.64. The van der Waals surface area contributed by atoms with Gasteiger partial charge in [0.05, 0.1) is 6.04 Å². The third-order valence-electron chi connectivity index (χ3n) is 1.80. The number of hydrogen-bond donors (Lipinski definition) is 2. The van der Waals surface area contributed by atoms with E-state index >= 15 is 0 Å². The van der Waals surface area contributed by atoms with E-state index in [2.05, 4.69) is 5.32 Å². The molecule has 0 aliphatic carbocycles. The molecule has 0 radical (unpaired) electrons. The molecule has 0 aromatic carbocycles. The van der Waals surface area contributed by atoms with Crippen LogP contribution >= 0.6 is 23.5 Å². The number of amides is 1. The van der Waals surface area contributed by atoms with Crippen molar-refractivity contribution in [3.05, 3.63) is 0 Å². The zero-order chi connectivity index (χ0) is 9.68. The molecule has 3 N–H and O–H groups in total. The van der Waals surface area contributed by atoms with Gasteiger partial charge in [0.15, 0.2) is 0 Å². The SMILES string of the molecule is C[C@@H](N)C(=O)NCC1CSCCS1. The first-order valence-electron chi connectivity index (χ1n) is 4.43. The minimum absolute atomic E-state index is 0.0452. The van der Waals surface area contributed by atoms with Crippen LogP contribution in [0, 0.1) is 0 Å². The Morgan fingerprint density at radius 1 is 1.69 bits per heavy atom. The van der Waals surface area contributed by atoms with E-state index in [4.69, 9.17) is 5.73 Å². The quantitative estimate of drug-likeness (QED) is 0.718. The normalized spacial score (nSPS) is 25.2. The summed E-state index contributed by atoms with van der Waals surface area (Å²) in [6, 6.07) is -0.388. The number of carbonyl (C=O) groups excluding carboxylic acids is 1. The van der Waals surface area contributed by atoms with E-state index in [-0.39, 0.29) is 11.9 Å². The van der Waals surface area contributed by atoms with Crippen LogP contribution in [0.3, 0.4) is 0 Å². The Bertz CT molecular complexity index is 170. The third-order valence-corrected chi connectivity index (χ3v) is 4.65. The minimum atomic E-state index is -0.388. The molecule has 5 heteroatoms. The molecule has 1 aliphatic rings. The van der Waals surface area contributed by atoms with Crippen LogP contribution in [-0.2, 0) is 4.79 Å². The highest BCUT2D eigenvalue weighted by Gasteiger charge is 2.15. The van der Waals surface area contributed by atoms with E-state index in [9.17, 15) is 4.79 Å². The van der Waals surface area contributed by atoms with Gasteiger partial charge in [-0.1, -0.05) is 0 Å². The molecule has 1 rings (SSSR count). The Morgan fingerprint density at radius 3 is 3.00 bits per heavy atom. The summed E-state index contributed by atoms with van der Waals surface area (Å²) < 4.78 is 0. The minimum Gasteiger partial charge on any atom is -0.354 e. The molecule has 76 valence electrons. The van der Waals surface area contributed by atoms with Crippen LogP contribution < -0.4 is 11.1 Å². The first-order valence-corrected chi connectivity index (χ1v) is 6.63. The Kier molecular flexibility index (Phi) is 4.98. The van der Waals surface area contributed by atoms with Gasteiger partial charge in [-0.3, -0.25) is 4.79 Å². The maximum absolute atomic E-state index is 11.1. The molecule has 0 aromatic heterocycles. The molecule has 1 heterocycles. The molecule has 2 atom stereocenters. The summed E-state index contributed by atoms with van der Waals surface area (Å²) in [6.07, 6.45) is 0. The predicted molar refractivity (Wildman–Crippen MR) is 60.2 cm³/mol. The number of thioether (sulfide) groups is 2. The Balaban J connectivity index is 2.13. The molecule has 1 amide bonds. The van der Waals surface area contributed by atoms with E-state index in [0.717, 1.165) is 12.3 Å². The van der Waals surface area contributed by atoms with Crippen LogP contribution in [0.15, 0.2) is 0 Å². The molecule has 0 aromatic rings. The molecule has 3 nitrogen and oxygen atoms in total. The largest absolute Gasteiger partial charge is 0.354 e. The molecular formula is C8H16N2OS2. The fourth-order valence-electron chi connectivity index (χ4n) is 1.03. The van der Waals surface area contributed by atoms with E-state index in [0.29, 0.717) is 5.25 Å². The van der Waals surface area contributed by atoms with Crippen LogP contribution in [0.1, 0.15) is 6.92 Å². The molecular weight excluding hydrogens is 204 g/mol. The number of carbonyl (C=O) groups is 1. The second-order valence-electron chi connectivity index (χ2n) is 3.10. The molecule has 1 aliphatic heterocycles. The number of nitrogens with one attached hydrogen (secondary N) is 1. The fraction of sp³-hybridized carbons (Fsp3) is 0.875. The summed E-state index contributed by atoms with van der Waals surface area (Å²) in [5.41, 5.74) is 5.43. The average Bonchev–Trinajstić information content (AvgIpc) is 2.15. The number of nitrogens with two attached hydrogens (primary N) is 1. The highest BCUT2D eigenvalue weighted by atomic mass is 32.2. The number of hydrogen-bond acceptors (Lipinski definition) is 4. The second-order valence-corrected chi connectivity index (χ2v) is 5.66. The molecule has 13 heavy (non-hydrogen) atoms. The van der Waals surface area contributed by atoms with Gasteiger partial charge >= 0.3 is 0 Å². The maximum Gasteiger partial charge on any atom is 0.236 e. The van der Waals surface area contributed by atoms with Gasteiger partial charge in [0.1, 0.15) is 0 Å².